The van der Waals surface area contributed by atoms with Crippen LogP contribution in [0.1, 0.15) is 16.8 Å². The number of likely N-dealkylation sites (tertiary alicyclic amines) is 1. The highest BCUT2D eigenvalue weighted by molar-refractivity contribution is 6.44. The molecular formula is C20H21N5O3. The molecule has 28 heavy (non-hydrogen) atoms. The quantitative estimate of drug-likeness (QED) is 0.538. The molecule has 4 rings (SSSR count). The van der Waals surface area contributed by atoms with Crippen LogP contribution in [0.25, 0.3) is 10.9 Å². The Balaban J connectivity index is 1.43. The van der Waals surface area contributed by atoms with E-state index in [9.17, 15) is 9.59 Å². The van der Waals surface area contributed by atoms with Crippen molar-refractivity contribution in [3.63, 3.8) is 0 Å². The minimum absolute atomic E-state index is 0.216. The normalized spacial score (nSPS) is 16.4. The van der Waals surface area contributed by atoms with Gasteiger partial charge in [-0.3, -0.25) is 14.6 Å². The van der Waals surface area contributed by atoms with E-state index in [0.717, 1.165) is 10.9 Å². The maximum absolute atomic E-state index is 12.7. The Hall–Kier alpha value is -3.42. The van der Waals surface area contributed by atoms with Crippen LogP contribution in [0.15, 0.2) is 42.9 Å². The van der Waals surface area contributed by atoms with Crippen molar-refractivity contribution in [1.29, 1.82) is 0 Å². The Bertz CT molecular complexity index is 1030. The zero-order valence-corrected chi connectivity index (χ0v) is 15.8. The van der Waals surface area contributed by atoms with Crippen LogP contribution in [-0.4, -0.2) is 64.8 Å². The van der Waals surface area contributed by atoms with Gasteiger partial charge in [0.15, 0.2) is 5.82 Å². The molecule has 0 aliphatic carbocycles. The summed E-state index contributed by atoms with van der Waals surface area (Å²) in [6.45, 7) is 0.819. The molecule has 144 valence electrons. The number of fused-ring (bicyclic) bond motifs is 1. The molecule has 1 saturated heterocycles. The fraction of sp³-hybridized carbons (Fsp3) is 0.300. The number of para-hydroxylation sites is 1. The highest BCUT2D eigenvalue weighted by Crippen LogP contribution is 2.22. The maximum Gasteiger partial charge on any atom is 0.295 e. The topological polar surface area (TPSA) is 91.4 Å². The first kappa shape index (κ1) is 18.0. The van der Waals surface area contributed by atoms with Crippen molar-refractivity contribution in [1.82, 2.24) is 19.9 Å². The minimum atomic E-state index is -0.510. The fourth-order valence-electron chi connectivity index (χ4n) is 3.31. The van der Waals surface area contributed by atoms with Gasteiger partial charge in [-0.15, -0.1) is 0 Å². The number of aromatic amines is 1. The molecule has 3 aromatic rings. The van der Waals surface area contributed by atoms with E-state index in [1.165, 1.54) is 4.90 Å². The van der Waals surface area contributed by atoms with E-state index in [-0.39, 0.29) is 6.10 Å². The van der Waals surface area contributed by atoms with Gasteiger partial charge in [0.25, 0.3) is 11.7 Å². The van der Waals surface area contributed by atoms with E-state index in [4.69, 9.17) is 4.74 Å². The van der Waals surface area contributed by atoms with Gasteiger partial charge in [0.1, 0.15) is 6.10 Å². The number of H-pyrrole nitrogens is 1. The monoisotopic (exact) mass is 379 g/mol. The number of nitrogens with one attached hydrogen (secondary N) is 1. The predicted molar refractivity (Wildman–Crippen MR) is 105 cm³/mol. The third-order valence-electron chi connectivity index (χ3n) is 4.81. The number of carbonyl (C=O) groups is 2. The number of hydrogen-bond donors (Lipinski definition) is 1. The summed E-state index contributed by atoms with van der Waals surface area (Å²) in [6, 6.07) is 7.43. The summed E-state index contributed by atoms with van der Waals surface area (Å²) in [6.07, 6.45) is 5.22. The summed E-state index contributed by atoms with van der Waals surface area (Å²) in [7, 11) is 3.75. The van der Waals surface area contributed by atoms with E-state index in [1.54, 1.807) is 18.6 Å². The third-order valence-corrected chi connectivity index (χ3v) is 4.81. The number of Topliss-reactive ketones (excluding diaryl/α,β-unsaturated/α-hetero) is 1. The SMILES string of the molecule is CN(C)c1cncc(OC2CCN(C(=O)C(=O)c3c[nH]c4ccccc34)C2)n1. The first-order chi connectivity index (χ1) is 13.5. The standard InChI is InChI=1S/C20H21N5O3/c1-24(2)17-10-21-11-18(23-17)28-13-7-8-25(12-13)20(27)19(26)15-9-22-16-6-4-3-5-14(15)16/h3-6,9-11,13,22H,7-8,12H2,1-2H3. The van der Waals surface area contributed by atoms with Crippen molar-refractivity contribution < 1.29 is 14.3 Å². The highest BCUT2D eigenvalue weighted by Gasteiger charge is 2.32. The van der Waals surface area contributed by atoms with Gasteiger partial charge in [0.2, 0.25) is 5.88 Å². The molecule has 1 atom stereocenters. The molecule has 0 bridgehead atoms. The van der Waals surface area contributed by atoms with E-state index in [0.29, 0.717) is 36.8 Å². The predicted octanol–water partition coefficient (Wildman–Crippen LogP) is 1.89. The summed E-state index contributed by atoms with van der Waals surface area (Å²) >= 11 is 0. The van der Waals surface area contributed by atoms with Crippen LogP contribution in [0, 0.1) is 0 Å². The molecular weight excluding hydrogens is 358 g/mol. The Morgan fingerprint density at radius 3 is 2.89 bits per heavy atom. The van der Waals surface area contributed by atoms with E-state index in [2.05, 4.69) is 15.0 Å². The van der Waals surface area contributed by atoms with Crippen molar-refractivity contribution in [2.24, 2.45) is 0 Å². The molecule has 3 heterocycles. The van der Waals surface area contributed by atoms with Gasteiger partial charge in [-0.25, -0.2) is 0 Å². The van der Waals surface area contributed by atoms with Gasteiger partial charge >= 0.3 is 0 Å². The molecule has 1 aromatic carbocycles. The Labute approximate surface area is 162 Å². The van der Waals surface area contributed by atoms with Crippen molar-refractivity contribution in [3.8, 4) is 5.88 Å². The minimum Gasteiger partial charge on any atom is -0.471 e. The number of hydrogen-bond acceptors (Lipinski definition) is 6. The Kier molecular flexibility index (Phi) is 4.68. The van der Waals surface area contributed by atoms with Crippen LogP contribution in [0.2, 0.25) is 0 Å². The van der Waals surface area contributed by atoms with E-state index in [1.807, 2.05) is 43.3 Å². The number of benzene rings is 1. The smallest absolute Gasteiger partial charge is 0.295 e. The maximum atomic E-state index is 12.7. The molecule has 1 N–H and O–H groups in total. The fourth-order valence-corrected chi connectivity index (χ4v) is 3.31. The Morgan fingerprint density at radius 2 is 2.07 bits per heavy atom. The summed E-state index contributed by atoms with van der Waals surface area (Å²) in [5.41, 5.74) is 1.23. The third kappa shape index (κ3) is 3.40. The average molecular weight is 379 g/mol. The zero-order valence-electron chi connectivity index (χ0n) is 15.8. The van der Waals surface area contributed by atoms with Gasteiger partial charge in [0.05, 0.1) is 24.5 Å². The number of ether oxygens (including phenoxy) is 1. The van der Waals surface area contributed by atoms with Crippen molar-refractivity contribution in [3.05, 3.63) is 48.4 Å². The van der Waals surface area contributed by atoms with Crippen LogP contribution in [0.3, 0.4) is 0 Å². The molecule has 0 saturated carbocycles. The summed E-state index contributed by atoms with van der Waals surface area (Å²) < 4.78 is 5.88. The molecule has 1 fully saturated rings. The number of rotatable bonds is 5. The lowest BCUT2D eigenvalue weighted by Gasteiger charge is -2.17. The van der Waals surface area contributed by atoms with Crippen molar-refractivity contribution in [2.45, 2.75) is 12.5 Å². The molecule has 1 amide bonds. The number of aromatic nitrogens is 3. The van der Waals surface area contributed by atoms with Gasteiger partial charge in [-0.1, -0.05) is 18.2 Å². The summed E-state index contributed by atoms with van der Waals surface area (Å²) in [5, 5.41) is 0.753. The van der Waals surface area contributed by atoms with Crippen LogP contribution in [0.4, 0.5) is 5.82 Å². The number of anilines is 1. The number of carbonyl (C=O) groups excluding carboxylic acids is 2. The molecule has 8 heteroatoms. The lowest BCUT2D eigenvalue weighted by atomic mass is 10.1. The van der Waals surface area contributed by atoms with E-state index < -0.39 is 11.7 Å². The lowest BCUT2D eigenvalue weighted by molar-refractivity contribution is -0.125. The second-order valence-corrected chi connectivity index (χ2v) is 6.97. The zero-order chi connectivity index (χ0) is 19.7. The molecule has 2 aromatic heterocycles. The van der Waals surface area contributed by atoms with Gasteiger partial charge in [-0.05, 0) is 6.07 Å². The second kappa shape index (κ2) is 7.30. The lowest BCUT2D eigenvalue weighted by Crippen LogP contribution is -2.36. The van der Waals surface area contributed by atoms with Crippen molar-refractivity contribution >= 4 is 28.4 Å². The second-order valence-electron chi connectivity index (χ2n) is 6.97. The molecule has 8 nitrogen and oxygen atoms in total. The van der Waals surface area contributed by atoms with Crippen LogP contribution in [-0.2, 0) is 4.79 Å². The highest BCUT2D eigenvalue weighted by atomic mass is 16.5. The average Bonchev–Trinajstić information content (AvgIpc) is 3.34. The molecule has 0 spiro atoms. The molecule has 1 unspecified atom stereocenters. The first-order valence-corrected chi connectivity index (χ1v) is 9.08. The molecule has 1 aliphatic heterocycles. The van der Waals surface area contributed by atoms with Gasteiger partial charge < -0.3 is 19.5 Å². The first-order valence-electron chi connectivity index (χ1n) is 9.08. The molecule has 1 aliphatic rings. The van der Waals surface area contributed by atoms with Crippen LogP contribution in [0.5, 0.6) is 5.88 Å². The number of nitrogens with zero attached hydrogens (tertiary/aromatic N) is 4. The van der Waals surface area contributed by atoms with Gasteiger partial charge in [-0.2, -0.15) is 4.98 Å². The number of ketones is 1. The Morgan fingerprint density at radius 1 is 1.25 bits per heavy atom. The molecule has 0 radical (unpaired) electrons. The van der Waals surface area contributed by atoms with Crippen LogP contribution >= 0.6 is 0 Å². The summed E-state index contributed by atoms with van der Waals surface area (Å²) in [4.78, 5) is 40.3. The summed E-state index contributed by atoms with van der Waals surface area (Å²) in [5.74, 6) is 0.0860. The van der Waals surface area contributed by atoms with Gasteiger partial charge in [0, 0.05) is 44.2 Å². The van der Waals surface area contributed by atoms with Crippen LogP contribution < -0.4 is 9.64 Å². The number of amides is 1. The van der Waals surface area contributed by atoms with Crippen molar-refractivity contribution in [2.75, 3.05) is 32.1 Å². The largest absolute Gasteiger partial charge is 0.471 e. The van der Waals surface area contributed by atoms with E-state index >= 15 is 0 Å².